The summed E-state index contributed by atoms with van der Waals surface area (Å²) in [5.41, 5.74) is 0.0216. The fourth-order valence-corrected chi connectivity index (χ4v) is 4.65. The zero-order chi connectivity index (χ0) is 16.2. The zero-order valence-corrected chi connectivity index (χ0v) is 15.7. The highest BCUT2D eigenvalue weighted by molar-refractivity contribution is 7.83. The van der Waals surface area contributed by atoms with Crippen LogP contribution >= 0.6 is 0 Å². The third kappa shape index (κ3) is 5.02. The first-order chi connectivity index (χ1) is 10.4. The number of ether oxygens (including phenoxy) is 1. The number of nitrogens with zero attached hydrogens (tertiary/aromatic N) is 2. The maximum Gasteiger partial charge on any atom is 0.0968 e. The molecule has 2 aliphatic rings. The molecule has 2 saturated heterocycles. The van der Waals surface area contributed by atoms with E-state index in [1.807, 2.05) is 13.8 Å². The van der Waals surface area contributed by atoms with E-state index in [1.165, 1.54) is 19.4 Å². The summed E-state index contributed by atoms with van der Waals surface area (Å²) >= 11 is 0. The highest BCUT2D eigenvalue weighted by Crippen LogP contribution is 2.31. The highest BCUT2D eigenvalue weighted by atomic mass is 32.2. The maximum absolute atomic E-state index is 12.2. The summed E-state index contributed by atoms with van der Waals surface area (Å²) in [4.78, 5) is 2.58. The Hall–Kier alpha value is 0.0300. The summed E-state index contributed by atoms with van der Waals surface area (Å²) in [5.74, 6) is 0.796. The summed E-state index contributed by atoms with van der Waals surface area (Å²) in [6, 6.07) is 0. The Bertz CT molecular complexity index is 366. The Morgan fingerprint density at radius 1 is 1.14 bits per heavy atom. The van der Waals surface area contributed by atoms with E-state index >= 15 is 0 Å². The fourth-order valence-electron chi connectivity index (χ4n) is 3.51. The second-order valence-corrected chi connectivity index (χ2v) is 9.61. The van der Waals surface area contributed by atoms with Crippen molar-refractivity contribution < 1.29 is 8.95 Å². The average Bonchev–Trinajstić information content (AvgIpc) is 2.47. The Balaban J connectivity index is 1.81. The van der Waals surface area contributed by atoms with Crippen LogP contribution in [0, 0.1) is 5.92 Å². The van der Waals surface area contributed by atoms with Gasteiger partial charge in [-0.25, -0.2) is 8.51 Å². The SMILES string of the molecule is CC(C)CCCN1CCOC2(CCN(S(=O)C(C)C)CC2)C1. The van der Waals surface area contributed by atoms with Crippen LogP contribution in [0.15, 0.2) is 0 Å². The van der Waals surface area contributed by atoms with Crippen LogP contribution in [0.25, 0.3) is 0 Å². The lowest BCUT2D eigenvalue weighted by molar-refractivity contribution is -0.129. The van der Waals surface area contributed by atoms with Crippen molar-refractivity contribution in [2.24, 2.45) is 5.92 Å². The molecule has 0 saturated carbocycles. The predicted molar refractivity (Wildman–Crippen MR) is 93.3 cm³/mol. The quantitative estimate of drug-likeness (QED) is 0.750. The maximum atomic E-state index is 12.2. The molecule has 0 amide bonds. The first-order valence-corrected chi connectivity index (χ1v) is 10.1. The van der Waals surface area contributed by atoms with E-state index in [2.05, 4.69) is 23.1 Å². The van der Waals surface area contributed by atoms with Gasteiger partial charge in [0.15, 0.2) is 0 Å². The normalized spacial score (nSPS) is 25.2. The number of hydrogen-bond donors (Lipinski definition) is 0. The molecule has 0 aromatic heterocycles. The molecule has 2 heterocycles. The second kappa shape index (κ2) is 8.22. The smallest absolute Gasteiger partial charge is 0.0968 e. The van der Waals surface area contributed by atoms with Crippen molar-refractivity contribution in [1.82, 2.24) is 9.21 Å². The van der Waals surface area contributed by atoms with Crippen LogP contribution in [0.5, 0.6) is 0 Å². The van der Waals surface area contributed by atoms with Crippen molar-refractivity contribution in [1.29, 1.82) is 0 Å². The number of piperidine rings is 1. The summed E-state index contributed by atoms with van der Waals surface area (Å²) < 4.78 is 20.5. The molecule has 1 unspecified atom stereocenters. The van der Waals surface area contributed by atoms with Gasteiger partial charge in [-0.05, 0) is 52.0 Å². The van der Waals surface area contributed by atoms with Crippen molar-refractivity contribution in [2.75, 3.05) is 39.3 Å². The number of morpholine rings is 1. The van der Waals surface area contributed by atoms with Crippen molar-refractivity contribution in [3.8, 4) is 0 Å². The average molecular weight is 331 g/mol. The summed E-state index contributed by atoms with van der Waals surface area (Å²) in [6.45, 7) is 14.7. The number of rotatable bonds is 6. The molecule has 1 spiro atoms. The van der Waals surface area contributed by atoms with Crippen molar-refractivity contribution in [3.63, 3.8) is 0 Å². The van der Waals surface area contributed by atoms with E-state index in [9.17, 15) is 4.21 Å². The first kappa shape index (κ1) is 18.4. The molecule has 22 heavy (non-hydrogen) atoms. The Labute approximate surface area is 139 Å². The Morgan fingerprint density at radius 3 is 2.41 bits per heavy atom. The number of hydrogen-bond acceptors (Lipinski definition) is 3. The van der Waals surface area contributed by atoms with E-state index in [0.29, 0.717) is 0 Å². The third-order valence-corrected chi connectivity index (χ3v) is 6.56. The molecule has 0 bridgehead atoms. The second-order valence-electron chi connectivity index (χ2n) is 7.60. The van der Waals surface area contributed by atoms with Gasteiger partial charge in [-0.1, -0.05) is 13.8 Å². The standard InChI is InChI=1S/C17H34N2O2S/c1-15(2)6-5-9-18-12-13-21-17(14-18)7-10-19(11-8-17)22(20)16(3)4/h15-16H,5-14H2,1-4H3. The van der Waals surface area contributed by atoms with Crippen LogP contribution in [0.3, 0.4) is 0 Å². The van der Waals surface area contributed by atoms with Gasteiger partial charge < -0.3 is 4.74 Å². The van der Waals surface area contributed by atoms with Crippen molar-refractivity contribution >= 4 is 11.0 Å². The minimum atomic E-state index is -0.834. The van der Waals surface area contributed by atoms with Gasteiger partial charge in [0.1, 0.15) is 0 Å². The molecule has 5 heteroatoms. The van der Waals surface area contributed by atoms with Crippen LogP contribution in [-0.4, -0.2) is 63.6 Å². The molecule has 2 rings (SSSR count). The summed E-state index contributed by atoms with van der Waals surface area (Å²) in [7, 11) is -0.834. The van der Waals surface area contributed by atoms with Crippen molar-refractivity contribution in [2.45, 2.75) is 64.2 Å². The molecule has 2 aliphatic heterocycles. The molecule has 0 N–H and O–H groups in total. The van der Waals surface area contributed by atoms with Gasteiger partial charge in [0.2, 0.25) is 0 Å². The largest absolute Gasteiger partial charge is 0.372 e. The van der Waals surface area contributed by atoms with Crippen LogP contribution < -0.4 is 0 Å². The molecule has 0 radical (unpaired) electrons. The third-order valence-electron chi connectivity index (χ3n) is 4.87. The monoisotopic (exact) mass is 330 g/mol. The minimum absolute atomic E-state index is 0.0216. The van der Waals surface area contributed by atoms with Crippen LogP contribution in [0.2, 0.25) is 0 Å². The lowest BCUT2D eigenvalue weighted by Crippen LogP contribution is -2.57. The molecule has 0 aromatic rings. The summed E-state index contributed by atoms with van der Waals surface area (Å²) in [5, 5.41) is 0.217. The Morgan fingerprint density at radius 2 is 1.82 bits per heavy atom. The topological polar surface area (TPSA) is 32.8 Å². The van der Waals surface area contributed by atoms with Crippen LogP contribution in [-0.2, 0) is 15.7 Å². The highest BCUT2D eigenvalue weighted by Gasteiger charge is 2.40. The summed E-state index contributed by atoms with van der Waals surface area (Å²) in [6.07, 6.45) is 4.64. The molecular formula is C17H34N2O2S. The van der Waals surface area contributed by atoms with E-state index < -0.39 is 11.0 Å². The van der Waals surface area contributed by atoms with Gasteiger partial charge >= 0.3 is 0 Å². The van der Waals surface area contributed by atoms with E-state index in [-0.39, 0.29) is 10.9 Å². The van der Waals surface area contributed by atoms with Crippen LogP contribution in [0.4, 0.5) is 0 Å². The molecule has 0 aliphatic carbocycles. The van der Waals surface area contributed by atoms with E-state index in [4.69, 9.17) is 4.74 Å². The van der Waals surface area contributed by atoms with Gasteiger partial charge in [-0.3, -0.25) is 4.90 Å². The van der Waals surface area contributed by atoms with Crippen LogP contribution in [0.1, 0.15) is 53.4 Å². The molecule has 130 valence electrons. The molecule has 4 nitrogen and oxygen atoms in total. The molecule has 0 aromatic carbocycles. The lowest BCUT2D eigenvalue weighted by Gasteiger charge is -2.47. The zero-order valence-electron chi connectivity index (χ0n) is 14.8. The van der Waals surface area contributed by atoms with Gasteiger partial charge in [0.25, 0.3) is 0 Å². The van der Waals surface area contributed by atoms with Gasteiger partial charge in [-0.15, -0.1) is 0 Å². The van der Waals surface area contributed by atoms with Crippen molar-refractivity contribution in [3.05, 3.63) is 0 Å². The van der Waals surface area contributed by atoms with E-state index in [1.54, 1.807) is 0 Å². The molecular weight excluding hydrogens is 296 g/mol. The van der Waals surface area contributed by atoms with E-state index in [0.717, 1.165) is 51.5 Å². The first-order valence-electron chi connectivity index (χ1n) is 8.94. The predicted octanol–water partition coefficient (Wildman–Crippen LogP) is 2.66. The van der Waals surface area contributed by atoms with Gasteiger partial charge in [0, 0.05) is 31.4 Å². The molecule has 2 fully saturated rings. The Kier molecular flexibility index (Phi) is 6.87. The lowest BCUT2D eigenvalue weighted by atomic mass is 9.90. The fraction of sp³-hybridized carbons (Fsp3) is 1.00. The molecule has 1 atom stereocenters. The minimum Gasteiger partial charge on any atom is -0.372 e. The van der Waals surface area contributed by atoms with Gasteiger partial charge in [0.05, 0.1) is 23.2 Å². The van der Waals surface area contributed by atoms with Gasteiger partial charge in [-0.2, -0.15) is 0 Å².